The molecule has 0 saturated heterocycles. The maximum Gasteiger partial charge on any atom is 0.264 e. The minimum atomic E-state index is -4.18. The zero-order valence-electron chi connectivity index (χ0n) is 28.1. The number of rotatable bonds is 13. The maximum absolute atomic E-state index is 14.7. The monoisotopic (exact) mass is 655 g/mol. The third-order valence-corrected chi connectivity index (χ3v) is 9.56. The highest BCUT2D eigenvalue weighted by Gasteiger charge is 2.36. The van der Waals surface area contributed by atoms with Gasteiger partial charge in [-0.25, -0.2) is 8.42 Å². The fraction of sp³-hybridized carbons (Fsp3) is 0.316. The number of carbonyl (C=O) groups is 2. The zero-order chi connectivity index (χ0) is 34.2. The number of methoxy groups -OCH3 is 1. The van der Waals surface area contributed by atoms with Crippen LogP contribution in [0, 0.1) is 6.92 Å². The van der Waals surface area contributed by atoms with E-state index in [0.29, 0.717) is 17.9 Å². The molecule has 0 saturated carbocycles. The summed E-state index contributed by atoms with van der Waals surface area (Å²) < 4.78 is 35.3. The minimum Gasteiger partial charge on any atom is -0.497 e. The van der Waals surface area contributed by atoms with E-state index in [9.17, 15) is 18.0 Å². The summed E-state index contributed by atoms with van der Waals surface area (Å²) in [7, 11) is -2.62. The Morgan fingerprint density at radius 3 is 2.13 bits per heavy atom. The molecule has 4 aromatic rings. The van der Waals surface area contributed by atoms with E-state index in [4.69, 9.17) is 4.74 Å². The molecular weight excluding hydrogens is 611 g/mol. The molecule has 1 N–H and O–H groups in total. The first-order valence-corrected chi connectivity index (χ1v) is 17.2. The van der Waals surface area contributed by atoms with E-state index < -0.39 is 34.1 Å². The Bertz CT molecular complexity index is 1770. The Kier molecular flexibility index (Phi) is 11.5. The molecule has 0 unspecified atom stereocenters. The molecule has 1 atom stereocenters. The second-order valence-electron chi connectivity index (χ2n) is 12.6. The van der Waals surface area contributed by atoms with Gasteiger partial charge in [-0.2, -0.15) is 0 Å². The molecule has 47 heavy (non-hydrogen) atoms. The Balaban J connectivity index is 1.85. The lowest BCUT2D eigenvalue weighted by Gasteiger charge is -2.35. The molecule has 0 heterocycles. The fourth-order valence-corrected chi connectivity index (χ4v) is 6.83. The topological polar surface area (TPSA) is 96.0 Å². The highest BCUT2D eigenvalue weighted by Crippen LogP contribution is 2.29. The van der Waals surface area contributed by atoms with Gasteiger partial charge >= 0.3 is 0 Å². The van der Waals surface area contributed by atoms with Crippen molar-refractivity contribution < 1.29 is 22.7 Å². The van der Waals surface area contributed by atoms with Crippen LogP contribution in [0.4, 0.5) is 5.69 Å². The predicted molar refractivity (Wildman–Crippen MR) is 187 cm³/mol. The van der Waals surface area contributed by atoms with E-state index in [1.807, 2.05) is 95.3 Å². The molecule has 4 aromatic carbocycles. The van der Waals surface area contributed by atoms with Crippen LogP contribution >= 0.6 is 0 Å². The number of sulfonamides is 1. The summed E-state index contributed by atoms with van der Waals surface area (Å²) in [6, 6.07) is 29.6. The van der Waals surface area contributed by atoms with Gasteiger partial charge in [-0.05, 0) is 81.1 Å². The highest BCUT2D eigenvalue weighted by atomic mass is 32.2. The van der Waals surface area contributed by atoms with Gasteiger partial charge in [0.15, 0.2) is 0 Å². The number of ether oxygens (including phenoxy) is 1. The van der Waals surface area contributed by atoms with Crippen molar-refractivity contribution in [3.8, 4) is 5.75 Å². The molecule has 0 aliphatic heterocycles. The van der Waals surface area contributed by atoms with Gasteiger partial charge in [-0.3, -0.25) is 13.9 Å². The Labute approximate surface area is 279 Å². The van der Waals surface area contributed by atoms with Crippen LogP contribution in [0.15, 0.2) is 108 Å². The number of anilines is 1. The predicted octanol–water partition coefficient (Wildman–Crippen LogP) is 6.32. The molecule has 0 fully saturated rings. The van der Waals surface area contributed by atoms with E-state index in [2.05, 4.69) is 5.32 Å². The molecule has 0 aliphatic rings. The molecule has 4 rings (SSSR count). The third-order valence-electron chi connectivity index (χ3n) is 7.79. The second kappa shape index (κ2) is 15.3. The summed E-state index contributed by atoms with van der Waals surface area (Å²) in [5, 5.41) is 3.06. The highest BCUT2D eigenvalue weighted by molar-refractivity contribution is 7.92. The van der Waals surface area contributed by atoms with Crippen LogP contribution in [-0.4, -0.2) is 50.4 Å². The summed E-state index contributed by atoms with van der Waals surface area (Å²) in [5.74, 6) is -0.243. The van der Waals surface area contributed by atoms with Crippen molar-refractivity contribution in [3.05, 3.63) is 125 Å². The molecule has 2 amide bonds. The number of hydrogen-bond donors (Lipinski definition) is 1. The van der Waals surface area contributed by atoms with E-state index >= 15 is 0 Å². The van der Waals surface area contributed by atoms with Crippen LogP contribution in [0.3, 0.4) is 0 Å². The molecule has 0 spiro atoms. The van der Waals surface area contributed by atoms with Crippen LogP contribution in [0.2, 0.25) is 0 Å². The number of amides is 2. The summed E-state index contributed by atoms with van der Waals surface area (Å²) in [6.45, 7) is 9.03. The van der Waals surface area contributed by atoms with Crippen LogP contribution in [-0.2, 0) is 39.0 Å². The van der Waals surface area contributed by atoms with Crippen LogP contribution in [0.25, 0.3) is 0 Å². The average Bonchev–Trinajstić information content (AvgIpc) is 3.05. The van der Waals surface area contributed by atoms with Gasteiger partial charge in [0.05, 0.1) is 17.7 Å². The van der Waals surface area contributed by atoms with Crippen LogP contribution in [0.5, 0.6) is 5.75 Å². The number of benzene rings is 4. The van der Waals surface area contributed by atoms with Gasteiger partial charge in [0.1, 0.15) is 18.3 Å². The van der Waals surface area contributed by atoms with Crippen molar-refractivity contribution in [2.45, 2.75) is 70.5 Å². The summed E-state index contributed by atoms with van der Waals surface area (Å²) in [5.41, 5.74) is 3.15. The Morgan fingerprint density at radius 2 is 1.49 bits per heavy atom. The normalized spacial score (nSPS) is 12.2. The van der Waals surface area contributed by atoms with E-state index in [-0.39, 0.29) is 23.8 Å². The fourth-order valence-electron chi connectivity index (χ4n) is 5.38. The number of aryl methyl sites for hydroxylation is 2. The van der Waals surface area contributed by atoms with E-state index in [1.54, 1.807) is 49.6 Å². The zero-order valence-corrected chi connectivity index (χ0v) is 28.9. The molecule has 8 nitrogen and oxygen atoms in total. The SMILES string of the molecule is CCc1ccccc1N(CC(=O)N(Cc1cccc(OC)c1)[C@H](Cc1ccccc1)C(=O)NC(C)(C)C)S(=O)(=O)c1ccc(C)cc1. The van der Waals surface area contributed by atoms with Gasteiger partial charge in [0, 0.05) is 18.5 Å². The number of carbonyl (C=O) groups excluding carboxylic acids is 2. The quantitative estimate of drug-likeness (QED) is 0.182. The number of hydrogen-bond acceptors (Lipinski definition) is 5. The lowest BCUT2D eigenvalue weighted by Crippen LogP contribution is -2.56. The second-order valence-corrected chi connectivity index (χ2v) is 14.5. The van der Waals surface area contributed by atoms with Crippen molar-refractivity contribution >= 4 is 27.5 Å². The molecule has 9 heteroatoms. The van der Waals surface area contributed by atoms with Crippen LogP contribution in [0.1, 0.15) is 49.9 Å². The molecular formula is C38H45N3O5S. The van der Waals surface area contributed by atoms with Crippen LogP contribution < -0.4 is 14.4 Å². The van der Waals surface area contributed by atoms with E-state index in [1.165, 1.54) is 9.21 Å². The largest absolute Gasteiger partial charge is 0.497 e. The lowest BCUT2D eigenvalue weighted by molar-refractivity contribution is -0.140. The lowest BCUT2D eigenvalue weighted by atomic mass is 10.0. The molecule has 0 aliphatic carbocycles. The summed E-state index contributed by atoms with van der Waals surface area (Å²) >= 11 is 0. The summed E-state index contributed by atoms with van der Waals surface area (Å²) in [6.07, 6.45) is 0.789. The van der Waals surface area contributed by atoms with Crippen molar-refractivity contribution in [2.75, 3.05) is 18.0 Å². The van der Waals surface area contributed by atoms with Crippen molar-refractivity contribution in [3.63, 3.8) is 0 Å². The number of nitrogens with one attached hydrogen (secondary N) is 1. The van der Waals surface area contributed by atoms with E-state index in [0.717, 1.165) is 22.3 Å². The van der Waals surface area contributed by atoms with Crippen molar-refractivity contribution in [2.24, 2.45) is 0 Å². The average molecular weight is 656 g/mol. The molecule has 0 radical (unpaired) electrons. The van der Waals surface area contributed by atoms with Gasteiger partial charge in [0.25, 0.3) is 10.0 Å². The summed E-state index contributed by atoms with van der Waals surface area (Å²) in [4.78, 5) is 30.4. The van der Waals surface area contributed by atoms with Gasteiger partial charge in [0.2, 0.25) is 11.8 Å². The number of nitrogens with zero attached hydrogens (tertiary/aromatic N) is 2. The molecule has 0 aromatic heterocycles. The van der Waals surface area contributed by atoms with Gasteiger partial charge < -0.3 is 15.0 Å². The third kappa shape index (κ3) is 9.23. The van der Waals surface area contributed by atoms with Crippen molar-refractivity contribution in [1.82, 2.24) is 10.2 Å². The molecule has 248 valence electrons. The van der Waals surface area contributed by atoms with Crippen molar-refractivity contribution in [1.29, 1.82) is 0 Å². The smallest absolute Gasteiger partial charge is 0.264 e. The maximum atomic E-state index is 14.7. The first-order valence-electron chi connectivity index (χ1n) is 15.8. The van der Waals surface area contributed by atoms with Gasteiger partial charge in [-0.1, -0.05) is 85.3 Å². The number of para-hydroxylation sites is 1. The standard InChI is InChI=1S/C38H45N3O5S/c1-7-31-17-11-12-19-34(31)41(47(44,45)33-22-20-28(2)21-23-33)27-36(42)40(26-30-16-13-18-32(24-30)46-6)35(37(43)39-38(3,4)5)25-29-14-9-8-10-15-29/h8-24,35H,7,25-27H2,1-6H3,(H,39,43)/t35-/m1/s1. The molecule has 0 bridgehead atoms. The Hall–Kier alpha value is -4.63. The van der Waals surface area contributed by atoms with Gasteiger partial charge in [-0.15, -0.1) is 0 Å². The first-order chi connectivity index (χ1) is 22.3. The Morgan fingerprint density at radius 1 is 0.851 bits per heavy atom. The first kappa shape index (κ1) is 35.2. The minimum absolute atomic E-state index is 0.0545.